The molecule has 1 aliphatic carbocycles. The first-order valence-corrected chi connectivity index (χ1v) is 7.91. The summed E-state index contributed by atoms with van der Waals surface area (Å²) in [5, 5.41) is 0. The molecule has 5 nitrogen and oxygen atoms in total. The minimum atomic E-state index is -0.230. The lowest BCUT2D eigenvalue weighted by atomic mass is 9.87. The number of amides is 2. The lowest BCUT2D eigenvalue weighted by Crippen LogP contribution is -2.58. The molecule has 0 saturated carbocycles. The first kappa shape index (κ1) is 14.6. The maximum atomic E-state index is 12.5. The molecule has 2 amide bonds. The fourth-order valence-corrected chi connectivity index (χ4v) is 3.60. The summed E-state index contributed by atoms with van der Waals surface area (Å²) in [4.78, 5) is 27.8. The maximum absolute atomic E-state index is 12.5. The van der Waals surface area contributed by atoms with Crippen molar-refractivity contribution in [3.05, 3.63) is 12.2 Å². The summed E-state index contributed by atoms with van der Waals surface area (Å²) in [6.07, 6.45) is 8.83. The van der Waals surface area contributed by atoms with Gasteiger partial charge >= 0.3 is 0 Å². The Hall–Kier alpha value is -1.36. The second kappa shape index (κ2) is 5.79. The molecule has 0 aromatic carbocycles. The van der Waals surface area contributed by atoms with E-state index in [4.69, 9.17) is 4.74 Å². The molecule has 0 aromatic rings. The molecule has 0 radical (unpaired) electrons. The van der Waals surface area contributed by atoms with Crippen LogP contribution in [0.5, 0.6) is 0 Å². The second-order valence-corrected chi connectivity index (χ2v) is 6.53. The number of hydrogen-bond acceptors (Lipinski definition) is 3. The number of carbonyl (C=O) groups is 2. The Morgan fingerprint density at radius 2 is 2.10 bits per heavy atom. The summed E-state index contributed by atoms with van der Waals surface area (Å²) in [5.74, 6) is 0.517. The molecule has 21 heavy (non-hydrogen) atoms. The highest BCUT2D eigenvalue weighted by Crippen LogP contribution is 2.31. The predicted octanol–water partition coefficient (Wildman–Crippen LogP) is 1.19. The van der Waals surface area contributed by atoms with E-state index in [-0.39, 0.29) is 24.0 Å². The molecule has 0 bridgehead atoms. The number of morpholine rings is 1. The molecule has 1 atom stereocenters. The third-order valence-corrected chi connectivity index (χ3v) is 5.06. The largest absolute Gasteiger partial charge is 0.363 e. The monoisotopic (exact) mass is 292 g/mol. The Morgan fingerprint density at radius 3 is 2.71 bits per heavy atom. The minimum Gasteiger partial charge on any atom is -0.363 e. The number of ether oxygens (including phenoxy) is 1. The molecule has 2 aliphatic heterocycles. The average molecular weight is 292 g/mol. The maximum Gasteiger partial charge on any atom is 0.248 e. The third-order valence-electron chi connectivity index (χ3n) is 5.06. The van der Waals surface area contributed by atoms with Gasteiger partial charge in [-0.15, -0.1) is 0 Å². The molecule has 0 N–H and O–H groups in total. The fourth-order valence-electron chi connectivity index (χ4n) is 3.60. The van der Waals surface area contributed by atoms with Gasteiger partial charge in [0.05, 0.1) is 5.60 Å². The number of piperidine rings is 1. The molecular weight excluding hydrogens is 268 g/mol. The van der Waals surface area contributed by atoms with E-state index >= 15 is 0 Å². The van der Waals surface area contributed by atoms with Gasteiger partial charge in [0.25, 0.3) is 0 Å². The summed E-state index contributed by atoms with van der Waals surface area (Å²) in [6.45, 7) is 2.33. The highest BCUT2D eigenvalue weighted by Gasteiger charge is 2.42. The second-order valence-electron chi connectivity index (χ2n) is 6.53. The van der Waals surface area contributed by atoms with Crippen molar-refractivity contribution in [1.82, 2.24) is 9.80 Å². The van der Waals surface area contributed by atoms with E-state index in [1.54, 1.807) is 4.90 Å². The van der Waals surface area contributed by atoms with E-state index in [9.17, 15) is 9.59 Å². The van der Waals surface area contributed by atoms with Crippen LogP contribution in [0.25, 0.3) is 0 Å². The topological polar surface area (TPSA) is 49.9 Å². The molecular formula is C16H24N2O3. The molecule has 2 saturated heterocycles. The van der Waals surface area contributed by atoms with E-state index in [0.717, 1.165) is 45.2 Å². The molecule has 0 unspecified atom stereocenters. The number of allylic oxidation sites excluding steroid dienone is 2. The Morgan fingerprint density at radius 1 is 1.33 bits per heavy atom. The summed E-state index contributed by atoms with van der Waals surface area (Å²) >= 11 is 0. The van der Waals surface area contributed by atoms with Crippen LogP contribution in [0.3, 0.4) is 0 Å². The van der Waals surface area contributed by atoms with Crippen molar-refractivity contribution in [3.8, 4) is 0 Å². The zero-order chi connectivity index (χ0) is 14.9. The van der Waals surface area contributed by atoms with Gasteiger partial charge in [0.15, 0.2) is 0 Å². The van der Waals surface area contributed by atoms with Gasteiger partial charge in [-0.2, -0.15) is 0 Å². The molecule has 1 spiro atoms. The van der Waals surface area contributed by atoms with Gasteiger partial charge in [-0.3, -0.25) is 9.59 Å². The molecule has 2 heterocycles. The van der Waals surface area contributed by atoms with Crippen LogP contribution >= 0.6 is 0 Å². The van der Waals surface area contributed by atoms with Gasteiger partial charge in [-0.05, 0) is 32.1 Å². The van der Waals surface area contributed by atoms with Crippen molar-refractivity contribution in [2.75, 3.05) is 33.3 Å². The van der Waals surface area contributed by atoms with Gasteiger partial charge in [0.2, 0.25) is 11.8 Å². The fraction of sp³-hybridized carbons (Fsp3) is 0.750. The standard InChI is InChI=1S/C16H24N2O3/c1-17-12-16(21-11-14(17)19)7-9-18(10-8-16)15(20)13-5-3-2-4-6-13/h2-3,13H,4-12H2,1H3/t13-/m1/s1. The Bertz CT molecular complexity index is 452. The van der Waals surface area contributed by atoms with Gasteiger partial charge in [-0.25, -0.2) is 0 Å². The average Bonchev–Trinajstić information content (AvgIpc) is 2.52. The summed E-state index contributed by atoms with van der Waals surface area (Å²) in [7, 11) is 1.83. The zero-order valence-electron chi connectivity index (χ0n) is 12.7. The van der Waals surface area contributed by atoms with E-state index < -0.39 is 0 Å². The van der Waals surface area contributed by atoms with Crippen molar-refractivity contribution in [2.45, 2.75) is 37.7 Å². The summed E-state index contributed by atoms with van der Waals surface area (Å²) in [6, 6.07) is 0. The molecule has 3 aliphatic rings. The zero-order valence-corrected chi connectivity index (χ0v) is 12.7. The van der Waals surface area contributed by atoms with Crippen LogP contribution in [0.15, 0.2) is 12.2 Å². The number of likely N-dealkylation sites (N-methyl/N-ethyl adjacent to an activating group) is 1. The number of nitrogens with zero attached hydrogens (tertiary/aromatic N) is 2. The van der Waals surface area contributed by atoms with Crippen LogP contribution in [-0.4, -0.2) is 60.5 Å². The van der Waals surface area contributed by atoms with Crippen LogP contribution in [0.1, 0.15) is 32.1 Å². The minimum absolute atomic E-state index is 0.0492. The smallest absolute Gasteiger partial charge is 0.248 e. The third kappa shape index (κ3) is 2.98. The van der Waals surface area contributed by atoms with Crippen LogP contribution in [-0.2, 0) is 14.3 Å². The first-order chi connectivity index (χ1) is 10.1. The van der Waals surface area contributed by atoms with Gasteiger partial charge in [0, 0.05) is 32.6 Å². The normalized spacial score (nSPS) is 29.0. The van der Waals surface area contributed by atoms with Crippen LogP contribution in [0, 0.1) is 5.92 Å². The van der Waals surface area contributed by atoms with Gasteiger partial charge in [0.1, 0.15) is 6.61 Å². The lowest BCUT2D eigenvalue weighted by molar-refractivity contribution is -0.171. The van der Waals surface area contributed by atoms with Crippen molar-refractivity contribution in [3.63, 3.8) is 0 Å². The summed E-state index contributed by atoms with van der Waals surface area (Å²) < 4.78 is 5.82. The van der Waals surface area contributed by atoms with E-state index in [2.05, 4.69) is 12.2 Å². The SMILES string of the molecule is CN1CC2(CCN(C(=O)[C@@H]3CC=CCC3)CC2)OCC1=O. The quantitative estimate of drug-likeness (QED) is 0.682. The number of likely N-dealkylation sites (tertiary alicyclic amines) is 1. The van der Waals surface area contributed by atoms with E-state index in [0.29, 0.717) is 12.5 Å². The number of carbonyl (C=O) groups excluding carboxylic acids is 2. The van der Waals surface area contributed by atoms with Crippen LogP contribution < -0.4 is 0 Å². The molecule has 0 aromatic heterocycles. The van der Waals surface area contributed by atoms with Crippen molar-refractivity contribution >= 4 is 11.8 Å². The van der Waals surface area contributed by atoms with Crippen molar-refractivity contribution in [1.29, 1.82) is 0 Å². The van der Waals surface area contributed by atoms with Crippen molar-refractivity contribution in [2.24, 2.45) is 5.92 Å². The summed E-state index contributed by atoms with van der Waals surface area (Å²) in [5.41, 5.74) is -0.230. The Balaban J connectivity index is 1.56. The van der Waals surface area contributed by atoms with Gasteiger partial charge in [-0.1, -0.05) is 12.2 Å². The van der Waals surface area contributed by atoms with Crippen molar-refractivity contribution < 1.29 is 14.3 Å². The molecule has 2 fully saturated rings. The highest BCUT2D eigenvalue weighted by atomic mass is 16.5. The molecule has 116 valence electrons. The highest BCUT2D eigenvalue weighted by molar-refractivity contribution is 5.79. The van der Waals surface area contributed by atoms with Crippen LogP contribution in [0.2, 0.25) is 0 Å². The molecule has 3 rings (SSSR count). The predicted molar refractivity (Wildman–Crippen MR) is 78.6 cm³/mol. The number of rotatable bonds is 1. The molecule has 5 heteroatoms. The van der Waals surface area contributed by atoms with Gasteiger partial charge < -0.3 is 14.5 Å². The van der Waals surface area contributed by atoms with Crippen LogP contribution in [0.4, 0.5) is 0 Å². The number of hydrogen-bond donors (Lipinski definition) is 0. The van der Waals surface area contributed by atoms with E-state index in [1.165, 1.54) is 0 Å². The first-order valence-electron chi connectivity index (χ1n) is 7.91. The van der Waals surface area contributed by atoms with E-state index in [1.807, 2.05) is 11.9 Å². The Kier molecular flexibility index (Phi) is 4.02. The lowest BCUT2D eigenvalue weighted by Gasteiger charge is -2.46. The Labute approximate surface area is 125 Å².